The van der Waals surface area contributed by atoms with E-state index >= 15 is 0 Å². The molecule has 1 fully saturated rings. The van der Waals surface area contributed by atoms with E-state index in [-0.39, 0.29) is 6.54 Å². The van der Waals surface area contributed by atoms with Crippen molar-refractivity contribution in [2.24, 2.45) is 0 Å². The summed E-state index contributed by atoms with van der Waals surface area (Å²) in [4.78, 5) is 39.1. The van der Waals surface area contributed by atoms with E-state index in [2.05, 4.69) is 15.5 Å². The molecule has 1 saturated heterocycles. The number of rotatable bonds is 7. The first-order chi connectivity index (χ1) is 15.0. The Morgan fingerprint density at radius 1 is 1.19 bits per heavy atom. The smallest absolute Gasteiger partial charge is 0.294 e. The highest BCUT2D eigenvalue weighted by Crippen LogP contribution is 2.33. The van der Waals surface area contributed by atoms with Crippen LogP contribution in [0, 0.1) is 0 Å². The molecule has 0 bridgehead atoms. The molecule has 0 atom stereocenters. The van der Waals surface area contributed by atoms with Crippen molar-refractivity contribution < 1.29 is 14.4 Å². The van der Waals surface area contributed by atoms with Gasteiger partial charge in [0, 0.05) is 15.7 Å². The minimum Gasteiger partial charge on any atom is -0.299 e. The van der Waals surface area contributed by atoms with Gasteiger partial charge in [-0.2, -0.15) is 0 Å². The number of thioether (sulfide) groups is 2. The van der Waals surface area contributed by atoms with Crippen LogP contribution in [0.1, 0.15) is 10.4 Å². The molecule has 1 N–H and O–H groups in total. The number of hydrogen-bond acceptors (Lipinski definition) is 9. The number of amides is 3. The molecule has 3 heterocycles. The van der Waals surface area contributed by atoms with E-state index < -0.39 is 17.1 Å². The quantitative estimate of drug-likeness (QED) is 0.265. The van der Waals surface area contributed by atoms with Crippen molar-refractivity contribution in [3.8, 4) is 0 Å². The first-order valence-corrected chi connectivity index (χ1v) is 12.6. The Labute approximate surface area is 198 Å². The molecule has 0 spiro atoms. The number of benzene rings is 1. The average molecular weight is 509 g/mol. The minimum absolute atomic E-state index is 0.303. The number of carbonyl (C=O) groups excluding carboxylic acids is 3. The predicted octanol–water partition coefficient (Wildman–Crippen LogP) is 5.22. The van der Waals surface area contributed by atoms with Crippen molar-refractivity contribution in [2.75, 3.05) is 11.9 Å². The molecule has 1 aliphatic rings. The van der Waals surface area contributed by atoms with E-state index in [1.165, 1.54) is 34.4 Å². The Bertz CT molecular complexity index is 1150. The zero-order valence-electron chi connectivity index (χ0n) is 15.6. The highest BCUT2D eigenvalue weighted by Gasteiger charge is 2.36. The summed E-state index contributed by atoms with van der Waals surface area (Å²) in [5, 5.41) is 13.0. The van der Waals surface area contributed by atoms with Gasteiger partial charge in [-0.15, -0.1) is 21.5 Å². The zero-order chi connectivity index (χ0) is 21.8. The second-order valence-electron chi connectivity index (χ2n) is 6.12. The van der Waals surface area contributed by atoms with Gasteiger partial charge in [0.05, 0.1) is 4.91 Å². The maximum absolute atomic E-state index is 12.5. The Kier molecular flexibility index (Phi) is 7.08. The maximum Gasteiger partial charge on any atom is 0.294 e. The van der Waals surface area contributed by atoms with Crippen LogP contribution in [0.15, 0.2) is 51.0 Å². The van der Waals surface area contributed by atoms with Crippen molar-refractivity contribution in [3.05, 3.63) is 62.1 Å². The fraction of sp³-hybridized carbons (Fsp3) is 0.105. The number of nitrogens with one attached hydrogen (secondary N) is 1. The lowest BCUT2D eigenvalue weighted by Gasteiger charge is -2.10. The molecule has 3 amide bonds. The molecule has 0 aliphatic carbocycles. The molecular formula is C19H13ClN4O3S4. The number of nitrogens with zero attached hydrogens (tertiary/aromatic N) is 3. The Morgan fingerprint density at radius 3 is 2.74 bits per heavy atom. The van der Waals surface area contributed by atoms with Gasteiger partial charge in [0.2, 0.25) is 11.0 Å². The number of carbonyl (C=O) groups is 3. The molecule has 12 heteroatoms. The van der Waals surface area contributed by atoms with Crippen molar-refractivity contribution in [2.45, 2.75) is 10.1 Å². The zero-order valence-corrected chi connectivity index (χ0v) is 19.6. The lowest BCUT2D eigenvalue weighted by atomic mass is 10.2. The van der Waals surface area contributed by atoms with E-state index in [4.69, 9.17) is 11.6 Å². The fourth-order valence-corrected chi connectivity index (χ4v) is 5.90. The predicted molar refractivity (Wildman–Crippen MR) is 127 cm³/mol. The molecular weight excluding hydrogens is 496 g/mol. The van der Waals surface area contributed by atoms with Crippen LogP contribution in [0.5, 0.6) is 0 Å². The number of imide groups is 1. The van der Waals surface area contributed by atoms with Gasteiger partial charge in [-0.05, 0) is 47.0 Å². The van der Waals surface area contributed by atoms with Gasteiger partial charge >= 0.3 is 0 Å². The third kappa shape index (κ3) is 5.74. The van der Waals surface area contributed by atoms with Crippen LogP contribution in [0.2, 0.25) is 5.02 Å². The number of thiophene rings is 1. The van der Waals surface area contributed by atoms with Gasteiger partial charge in [-0.3, -0.25) is 24.6 Å². The molecule has 31 heavy (non-hydrogen) atoms. The second kappa shape index (κ2) is 9.96. The third-order valence-corrected chi connectivity index (χ3v) is 7.94. The Balaban J connectivity index is 1.31. The molecule has 0 saturated carbocycles. The highest BCUT2D eigenvalue weighted by molar-refractivity contribution is 8.18. The molecule has 3 aromatic rings. The van der Waals surface area contributed by atoms with Crippen LogP contribution in [0.25, 0.3) is 6.08 Å². The van der Waals surface area contributed by atoms with E-state index in [0.717, 1.165) is 27.1 Å². The lowest BCUT2D eigenvalue weighted by Crippen LogP contribution is -2.36. The molecule has 0 unspecified atom stereocenters. The number of halogens is 1. The topological polar surface area (TPSA) is 92.3 Å². The van der Waals surface area contributed by atoms with Crippen molar-refractivity contribution in [1.82, 2.24) is 15.1 Å². The summed E-state index contributed by atoms with van der Waals surface area (Å²) in [5.74, 6) is -0.298. The van der Waals surface area contributed by atoms with Crippen LogP contribution in [0.4, 0.5) is 9.93 Å². The number of aromatic nitrogens is 2. The maximum atomic E-state index is 12.5. The lowest BCUT2D eigenvalue weighted by molar-refractivity contribution is -0.127. The van der Waals surface area contributed by atoms with Gasteiger partial charge in [0.25, 0.3) is 11.1 Å². The standard InChI is InChI=1S/C19H13ClN4O3S4/c20-12-5-3-11(4-6-12)10-29-18-23-22-17(31-18)21-15(25)9-24-16(26)14(30-19(24)27)8-13-2-1-7-28-13/h1-8H,9-10H2,(H,21,22,25)/b14-8+. The summed E-state index contributed by atoms with van der Waals surface area (Å²) in [5.41, 5.74) is 1.09. The summed E-state index contributed by atoms with van der Waals surface area (Å²) in [6, 6.07) is 11.2. The molecule has 7 nitrogen and oxygen atoms in total. The first kappa shape index (κ1) is 22.0. The van der Waals surface area contributed by atoms with Crippen LogP contribution in [0.3, 0.4) is 0 Å². The van der Waals surface area contributed by atoms with Crippen LogP contribution in [-0.2, 0) is 15.3 Å². The van der Waals surface area contributed by atoms with Crippen molar-refractivity contribution in [3.63, 3.8) is 0 Å². The van der Waals surface area contributed by atoms with E-state index in [1.807, 2.05) is 41.8 Å². The van der Waals surface area contributed by atoms with Gasteiger partial charge < -0.3 is 0 Å². The summed E-state index contributed by atoms with van der Waals surface area (Å²) in [6.07, 6.45) is 1.66. The second-order valence-corrected chi connectivity index (χ2v) is 10.7. The molecule has 4 rings (SSSR count). The molecule has 158 valence electrons. The number of anilines is 1. The van der Waals surface area contributed by atoms with Crippen molar-refractivity contribution >= 4 is 86.1 Å². The number of hydrogen-bond donors (Lipinski definition) is 1. The van der Waals surface area contributed by atoms with Gasteiger partial charge in [-0.25, -0.2) is 0 Å². The molecule has 1 aromatic carbocycles. The largest absolute Gasteiger partial charge is 0.299 e. The Hall–Kier alpha value is -2.18. The van der Waals surface area contributed by atoms with Crippen molar-refractivity contribution in [1.29, 1.82) is 0 Å². The summed E-state index contributed by atoms with van der Waals surface area (Å²) in [6.45, 7) is -0.376. The van der Waals surface area contributed by atoms with Gasteiger partial charge in [0.1, 0.15) is 6.54 Å². The molecule has 1 aliphatic heterocycles. The van der Waals surface area contributed by atoms with Crippen LogP contribution >= 0.6 is 57.8 Å². The third-order valence-electron chi connectivity index (χ3n) is 3.92. The van der Waals surface area contributed by atoms with E-state index in [0.29, 0.717) is 25.2 Å². The minimum atomic E-state index is -0.509. The van der Waals surface area contributed by atoms with Crippen LogP contribution in [-0.4, -0.2) is 38.7 Å². The molecule has 0 radical (unpaired) electrons. The monoisotopic (exact) mass is 508 g/mol. The SMILES string of the molecule is O=C(CN1C(=O)S/C(=C/c2cccs2)C1=O)Nc1nnc(SCc2ccc(Cl)cc2)s1. The average Bonchev–Trinajstić information content (AvgIpc) is 3.47. The fourth-order valence-electron chi connectivity index (χ4n) is 2.49. The van der Waals surface area contributed by atoms with E-state index in [9.17, 15) is 14.4 Å². The first-order valence-electron chi connectivity index (χ1n) is 8.77. The van der Waals surface area contributed by atoms with Crippen LogP contribution < -0.4 is 5.32 Å². The van der Waals surface area contributed by atoms with Gasteiger partial charge in [-0.1, -0.05) is 52.9 Å². The molecule has 2 aromatic heterocycles. The Morgan fingerprint density at radius 2 is 2.00 bits per heavy atom. The normalized spacial score (nSPS) is 15.1. The summed E-state index contributed by atoms with van der Waals surface area (Å²) in [7, 11) is 0. The van der Waals surface area contributed by atoms with Gasteiger partial charge in [0.15, 0.2) is 4.34 Å². The highest BCUT2D eigenvalue weighted by atomic mass is 35.5. The van der Waals surface area contributed by atoms with E-state index in [1.54, 1.807) is 6.08 Å². The summed E-state index contributed by atoms with van der Waals surface area (Å²) < 4.78 is 0.690. The summed E-state index contributed by atoms with van der Waals surface area (Å²) >= 11 is 10.9.